The molecule has 1 aliphatic rings. The normalized spacial score (nSPS) is 17.1. The third kappa shape index (κ3) is 3.66. The number of fused-ring (bicyclic) bond motifs is 1. The first-order valence-electron chi connectivity index (χ1n) is 9.27. The number of H-pyrrole nitrogens is 1. The fraction of sp³-hybridized carbons (Fsp3) is 0.300. The number of nitrogens with zero attached hydrogens (tertiary/aromatic N) is 4. The van der Waals surface area contributed by atoms with Gasteiger partial charge in [-0.3, -0.25) is 19.7 Å². The Bertz CT molecular complexity index is 987. The summed E-state index contributed by atoms with van der Waals surface area (Å²) in [7, 11) is 0. The summed E-state index contributed by atoms with van der Waals surface area (Å²) in [5.74, 6) is -0.530. The number of hydrogen-bond acceptors (Lipinski definition) is 5. The maximum Gasteiger partial charge on any atom is 0.242 e. The molecule has 3 aromatic rings. The highest BCUT2D eigenvalue weighted by atomic mass is 16.2. The molecule has 3 N–H and O–H groups in total. The van der Waals surface area contributed by atoms with Crippen molar-refractivity contribution >= 4 is 28.4 Å². The van der Waals surface area contributed by atoms with E-state index >= 15 is 0 Å². The average Bonchev–Trinajstić information content (AvgIpc) is 3.20. The van der Waals surface area contributed by atoms with Crippen LogP contribution in [0.2, 0.25) is 0 Å². The van der Waals surface area contributed by atoms with Gasteiger partial charge in [0.1, 0.15) is 6.04 Å². The van der Waals surface area contributed by atoms with Crippen LogP contribution in [0.4, 0.5) is 5.69 Å². The predicted molar refractivity (Wildman–Crippen MR) is 106 cm³/mol. The molecule has 8 heteroatoms. The van der Waals surface area contributed by atoms with E-state index in [0.717, 1.165) is 22.2 Å². The second-order valence-electron chi connectivity index (χ2n) is 6.95. The Kier molecular flexibility index (Phi) is 4.92. The number of amides is 2. The first-order valence-corrected chi connectivity index (χ1v) is 9.27. The number of primary amides is 1. The van der Waals surface area contributed by atoms with Gasteiger partial charge in [-0.2, -0.15) is 5.10 Å². The van der Waals surface area contributed by atoms with E-state index in [0.29, 0.717) is 32.5 Å². The number of aryl methyl sites for hydroxylation is 1. The summed E-state index contributed by atoms with van der Waals surface area (Å²) in [5.41, 5.74) is 8.62. The summed E-state index contributed by atoms with van der Waals surface area (Å²) in [6.07, 6.45) is 6.13. The van der Waals surface area contributed by atoms with Crippen molar-refractivity contribution in [2.24, 2.45) is 5.73 Å². The van der Waals surface area contributed by atoms with Crippen molar-refractivity contribution in [3.8, 4) is 0 Å². The maximum absolute atomic E-state index is 12.8. The van der Waals surface area contributed by atoms with E-state index in [1.54, 1.807) is 23.5 Å². The summed E-state index contributed by atoms with van der Waals surface area (Å²) in [5, 5.41) is 7.95. The van der Waals surface area contributed by atoms with Gasteiger partial charge in [-0.15, -0.1) is 0 Å². The zero-order valence-corrected chi connectivity index (χ0v) is 15.4. The lowest BCUT2D eigenvalue weighted by molar-refractivity contribution is -0.139. The van der Waals surface area contributed by atoms with Crippen molar-refractivity contribution in [2.45, 2.75) is 18.9 Å². The molecule has 1 fully saturated rings. The Morgan fingerprint density at radius 1 is 1.18 bits per heavy atom. The van der Waals surface area contributed by atoms with E-state index in [1.807, 2.05) is 30.3 Å². The van der Waals surface area contributed by atoms with Crippen LogP contribution >= 0.6 is 0 Å². The molecular weight excluding hydrogens is 356 g/mol. The quantitative estimate of drug-likeness (QED) is 0.691. The molecule has 3 heterocycles. The molecule has 0 saturated carbocycles. The molecule has 1 atom stereocenters. The number of hydrogen-bond donors (Lipinski definition) is 2. The summed E-state index contributed by atoms with van der Waals surface area (Å²) < 4.78 is 0. The second kappa shape index (κ2) is 7.67. The Hall–Kier alpha value is -3.42. The van der Waals surface area contributed by atoms with E-state index < -0.39 is 11.9 Å². The van der Waals surface area contributed by atoms with Gasteiger partial charge >= 0.3 is 0 Å². The Balaban J connectivity index is 1.42. The third-order valence-corrected chi connectivity index (χ3v) is 5.19. The zero-order chi connectivity index (χ0) is 19.5. The van der Waals surface area contributed by atoms with Gasteiger partial charge < -0.3 is 15.5 Å². The van der Waals surface area contributed by atoms with Crippen molar-refractivity contribution in [3.63, 3.8) is 0 Å². The van der Waals surface area contributed by atoms with Gasteiger partial charge in [-0.25, -0.2) is 0 Å². The number of nitrogens with two attached hydrogens (primary N) is 1. The molecule has 0 aliphatic carbocycles. The van der Waals surface area contributed by atoms with Gasteiger partial charge in [0.15, 0.2) is 0 Å². The largest absolute Gasteiger partial charge is 0.368 e. The average molecular weight is 378 g/mol. The predicted octanol–water partition coefficient (Wildman–Crippen LogP) is 1.09. The van der Waals surface area contributed by atoms with Gasteiger partial charge in [0.25, 0.3) is 0 Å². The van der Waals surface area contributed by atoms with Crippen LogP contribution in [-0.4, -0.2) is 57.6 Å². The Labute approximate surface area is 162 Å². The van der Waals surface area contributed by atoms with Gasteiger partial charge in [0.05, 0.1) is 11.7 Å². The molecule has 0 bridgehead atoms. The van der Waals surface area contributed by atoms with Gasteiger partial charge in [0.2, 0.25) is 11.8 Å². The Morgan fingerprint density at radius 2 is 2.00 bits per heavy atom. The highest BCUT2D eigenvalue weighted by Crippen LogP contribution is 2.20. The molecule has 1 unspecified atom stereocenters. The maximum atomic E-state index is 12.8. The van der Waals surface area contributed by atoms with Crippen LogP contribution in [0, 0.1) is 0 Å². The number of benzene rings is 1. The molecule has 1 saturated heterocycles. The molecule has 1 aliphatic heterocycles. The molecule has 2 aromatic heterocycles. The standard InChI is InChI=1S/C20H22N6O2/c21-20(28)18-13-25(16-5-7-22-8-6-16)9-10-26(18)19(27)4-2-14-1-3-17-15(11-14)12-23-24-17/h1,3,5-8,11-12,18H,2,4,9-10,13H2,(H2,21,28)(H,23,24). The SMILES string of the molecule is NC(=O)C1CN(c2ccncc2)CCN1C(=O)CCc1ccc2[nH]ncc2c1. The van der Waals surface area contributed by atoms with Crippen molar-refractivity contribution in [1.29, 1.82) is 0 Å². The number of anilines is 1. The van der Waals surface area contributed by atoms with Crippen LogP contribution in [0.25, 0.3) is 10.9 Å². The molecule has 28 heavy (non-hydrogen) atoms. The van der Waals surface area contributed by atoms with Crippen LogP contribution in [-0.2, 0) is 16.0 Å². The minimum atomic E-state index is -0.634. The first-order chi connectivity index (χ1) is 13.6. The number of nitrogens with one attached hydrogen (secondary N) is 1. The van der Waals surface area contributed by atoms with Gasteiger partial charge in [-0.05, 0) is 36.2 Å². The second-order valence-corrected chi connectivity index (χ2v) is 6.95. The lowest BCUT2D eigenvalue weighted by Gasteiger charge is -2.41. The summed E-state index contributed by atoms with van der Waals surface area (Å²) in [6, 6.07) is 9.12. The number of rotatable bonds is 5. The molecule has 8 nitrogen and oxygen atoms in total. The smallest absolute Gasteiger partial charge is 0.242 e. The van der Waals surface area contributed by atoms with Gasteiger partial charge in [0, 0.05) is 49.5 Å². The van der Waals surface area contributed by atoms with E-state index in [2.05, 4.69) is 20.1 Å². The fourth-order valence-corrected chi connectivity index (χ4v) is 3.66. The summed E-state index contributed by atoms with van der Waals surface area (Å²) in [6.45, 7) is 1.52. The number of carbonyl (C=O) groups excluding carboxylic acids is 2. The minimum absolute atomic E-state index is 0.0505. The molecular formula is C20H22N6O2. The minimum Gasteiger partial charge on any atom is -0.368 e. The van der Waals surface area contributed by atoms with Gasteiger partial charge in [-0.1, -0.05) is 6.07 Å². The number of aromatic amines is 1. The van der Waals surface area contributed by atoms with Crippen LogP contribution in [0.1, 0.15) is 12.0 Å². The number of aromatic nitrogens is 3. The van der Waals surface area contributed by atoms with Crippen LogP contribution in [0.15, 0.2) is 48.9 Å². The van der Waals surface area contributed by atoms with Crippen molar-refractivity contribution < 1.29 is 9.59 Å². The highest BCUT2D eigenvalue weighted by molar-refractivity contribution is 5.88. The van der Waals surface area contributed by atoms with Crippen LogP contribution in [0.5, 0.6) is 0 Å². The summed E-state index contributed by atoms with van der Waals surface area (Å²) >= 11 is 0. The van der Waals surface area contributed by atoms with E-state index in [9.17, 15) is 9.59 Å². The lowest BCUT2D eigenvalue weighted by atomic mass is 10.1. The topological polar surface area (TPSA) is 108 Å². The molecule has 0 spiro atoms. The zero-order valence-electron chi connectivity index (χ0n) is 15.4. The number of carbonyl (C=O) groups is 2. The van der Waals surface area contributed by atoms with Crippen LogP contribution < -0.4 is 10.6 Å². The van der Waals surface area contributed by atoms with Crippen molar-refractivity contribution in [2.75, 3.05) is 24.5 Å². The van der Waals surface area contributed by atoms with Crippen molar-refractivity contribution in [3.05, 3.63) is 54.5 Å². The molecule has 1 aromatic carbocycles. The summed E-state index contributed by atoms with van der Waals surface area (Å²) in [4.78, 5) is 32.5. The van der Waals surface area contributed by atoms with Crippen LogP contribution in [0.3, 0.4) is 0 Å². The molecule has 144 valence electrons. The molecule has 2 amide bonds. The lowest BCUT2D eigenvalue weighted by Crippen LogP contribution is -2.60. The monoisotopic (exact) mass is 378 g/mol. The van der Waals surface area contributed by atoms with Crippen molar-refractivity contribution in [1.82, 2.24) is 20.1 Å². The first kappa shape index (κ1) is 18.0. The number of pyridine rings is 1. The molecule has 0 radical (unpaired) electrons. The molecule has 4 rings (SSSR count). The Morgan fingerprint density at radius 3 is 2.79 bits per heavy atom. The number of piperazine rings is 1. The van der Waals surface area contributed by atoms with E-state index in [-0.39, 0.29) is 5.91 Å². The third-order valence-electron chi connectivity index (χ3n) is 5.19. The van der Waals surface area contributed by atoms with E-state index in [4.69, 9.17) is 5.73 Å². The fourth-order valence-electron chi connectivity index (χ4n) is 3.66. The highest BCUT2D eigenvalue weighted by Gasteiger charge is 2.33. The van der Waals surface area contributed by atoms with E-state index in [1.165, 1.54) is 0 Å².